The first-order valence-electron chi connectivity index (χ1n) is 4.73. The first-order chi connectivity index (χ1) is 6.83. The van der Waals surface area contributed by atoms with Gasteiger partial charge in [0.15, 0.2) is 11.5 Å². The average molecular weight is 212 g/mol. The van der Waals surface area contributed by atoms with Crippen LogP contribution in [-0.4, -0.2) is 42.9 Å². The summed E-state index contributed by atoms with van der Waals surface area (Å²) in [4.78, 5) is 0. The molecule has 0 atom stereocenters. The first kappa shape index (κ1) is 11.7. The number of hydrogen-bond donors (Lipinski definition) is 2. The van der Waals surface area contributed by atoms with Crippen LogP contribution in [0.4, 0.5) is 0 Å². The SMILES string of the molecule is COc1cc(C[N+](C)(C)C)cc(O)c1O. The zero-order valence-electron chi connectivity index (χ0n) is 9.61. The molecule has 0 saturated carbocycles. The number of nitrogens with zero attached hydrogens (tertiary/aromatic N) is 1. The second-order valence-electron chi connectivity index (χ2n) is 4.61. The minimum absolute atomic E-state index is 0.141. The molecule has 0 aliphatic rings. The molecule has 2 N–H and O–H groups in total. The third kappa shape index (κ3) is 3.02. The zero-order valence-corrected chi connectivity index (χ0v) is 9.61. The molecular weight excluding hydrogens is 194 g/mol. The van der Waals surface area contributed by atoms with Crippen molar-refractivity contribution in [3.63, 3.8) is 0 Å². The van der Waals surface area contributed by atoms with Gasteiger partial charge in [-0.3, -0.25) is 0 Å². The zero-order chi connectivity index (χ0) is 11.6. The summed E-state index contributed by atoms with van der Waals surface area (Å²) in [5.74, 6) is -0.0427. The summed E-state index contributed by atoms with van der Waals surface area (Å²) in [5.41, 5.74) is 0.926. The predicted molar refractivity (Wildman–Crippen MR) is 58.1 cm³/mol. The van der Waals surface area contributed by atoms with E-state index in [1.807, 2.05) is 0 Å². The number of rotatable bonds is 3. The molecule has 0 heterocycles. The van der Waals surface area contributed by atoms with E-state index >= 15 is 0 Å². The fraction of sp³-hybridized carbons (Fsp3) is 0.455. The van der Waals surface area contributed by atoms with E-state index < -0.39 is 0 Å². The number of hydrogen-bond acceptors (Lipinski definition) is 3. The Balaban J connectivity index is 3.06. The lowest BCUT2D eigenvalue weighted by Gasteiger charge is -2.24. The minimum atomic E-state index is -0.206. The molecule has 15 heavy (non-hydrogen) atoms. The van der Waals surface area contributed by atoms with E-state index in [2.05, 4.69) is 21.1 Å². The summed E-state index contributed by atoms with van der Waals surface area (Å²) < 4.78 is 5.71. The molecule has 0 aliphatic heterocycles. The van der Waals surface area contributed by atoms with Crippen LogP contribution in [0.5, 0.6) is 17.2 Å². The maximum Gasteiger partial charge on any atom is 0.200 e. The van der Waals surface area contributed by atoms with Crippen LogP contribution in [-0.2, 0) is 6.54 Å². The van der Waals surface area contributed by atoms with Gasteiger partial charge in [0.1, 0.15) is 6.54 Å². The second-order valence-corrected chi connectivity index (χ2v) is 4.61. The summed E-state index contributed by atoms with van der Waals surface area (Å²) in [6.07, 6.45) is 0. The van der Waals surface area contributed by atoms with E-state index in [-0.39, 0.29) is 11.5 Å². The number of quaternary nitrogens is 1. The van der Waals surface area contributed by atoms with E-state index in [1.165, 1.54) is 7.11 Å². The van der Waals surface area contributed by atoms with Crippen molar-refractivity contribution in [3.8, 4) is 17.2 Å². The molecule has 1 rings (SSSR count). The van der Waals surface area contributed by atoms with E-state index in [1.54, 1.807) is 12.1 Å². The van der Waals surface area contributed by atoms with Crippen molar-refractivity contribution >= 4 is 0 Å². The highest BCUT2D eigenvalue weighted by Crippen LogP contribution is 2.36. The normalized spacial score (nSPS) is 11.5. The Morgan fingerprint density at radius 2 is 1.80 bits per heavy atom. The molecule has 0 aliphatic carbocycles. The lowest BCUT2D eigenvalue weighted by atomic mass is 10.1. The van der Waals surface area contributed by atoms with Crippen LogP contribution in [0, 0.1) is 0 Å². The Bertz CT molecular complexity index is 356. The highest BCUT2D eigenvalue weighted by Gasteiger charge is 2.14. The second kappa shape index (κ2) is 3.98. The van der Waals surface area contributed by atoms with Crippen molar-refractivity contribution in [2.24, 2.45) is 0 Å². The average Bonchev–Trinajstić information content (AvgIpc) is 2.08. The number of phenols is 2. The first-order valence-corrected chi connectivity index (χ1v) is 4.73. The molecule has 0 bridgehead atoms. The molecular formula is C11H18NO3+. The summed E-state index contributed by atoms with van der Waals surface area (Å²) in [5, 5.41) is 18.9. The summed E-state index contributed by atoms with van der Waals surface area (Å²) >= 11 is 0. The van der Waals surface area contributed by atoms with Gasteiger partial charge in [0.05, 0.1) is 28.3 Å². The molecule has 4 nitrogen and oxygen atoms in total. The monoisotopic (exact) mass is 212 g/mol. The Hall–Kier alpha value is -1.42. The molecule has 0 amide bonds. The van der Waals surface area contributed by atoms with Gasteiger partial charge >= 0.3 is 0 Å². The summed E-state index contributed by atoms with van der Waals surface area (Å²) in [6, 6.07) is 3.29. The highest BCUT2D eigenvalue weighted by molar-refractivity contribution is 5.51. The fourth-order valence-corrected chi connectivity index (χ4v) is 1.44. The van der Waals surface area contributed by atoms with E-state index in [4.69, 9.17) is 4.74 Å². The number of ether oxygens (including phenoxy) is 1. The summed E-state index contributed by atoms with van der Waals surface area (Å²) in [6.45, 7) is 0.754. The van der Waals surface area contributed by atoms with Gasteiger partial charge in [0, 0.05) is 5.56 Å². The maximum absolute atomic E-state index is 9.47. The number of benzene rings is 1. The van der Waals surface area contributed by atoms with Gasteiger partial charge in [-0.2, -0.15) is 0 Å². The molecule has 0 radical (unpaired) electrons. The highest BCUT2D eigenvalue weighted by atomic mass is 16.5. The lowest BCUT2D eigenvalue weighted by Crippen LogP contribution is -2.33. The molecule has 84 valence electrons. The van der Waals surface area contributed by atoms with Crippen molar-refractivity contribution in [1.82, 2.24) is 0 Å². The number of methoxy groups -OCH3 is 1. The third-order valence-electron chi connectivity index (χ3n) is 1.99. The summed E-state index contributed by atoms with van der Waals surface area (Å²) in [7, 11) is 7.62. The van der Waals surface area contributed by atoms with Gasteiger partial charge in [-0.05, 0) is 12.1 Å². The van der Waals surface area contributed by atoms with Crippen LogP contribution in [0.1, 0.15) is 5.56 Å². The van der Waals surface area contributed by atoms with E-state index in [0.29, 0.717) is 5.75 Å². The third-order valence-corrected chi connectivity index (χ3v) is 1.99. The minimum Gasteiger partial charge on any atom is -0.504 e. The molecule has 4 heteroatoms. The molecule has 0 aromatic heterocycles. The molecule has 0 fully saturated rings. The smallest absolute Gasteiger partial charge is 0.200 e. The Labute approximate surface area is 89.9 Å². The number of aromatic hydroxyl groups is 2. The molecule has 0 saturated heterocycles. The van der Waals surface area contributed by atoms with Crippen LogP contribution in [0.3, 0.4) is 0 Å². The van der Waals surface area contributed by atoms with Gasteiger partial charge < -0.3 is 19.4 Å². The predicted octanol–water partition coefficient (Wildman–Crippen LogP) is 1.31. The quantitative estimate of drug-likeness (QED) is 0.586. The lowest BCUT2D eigenvalue weighted by molar-refractivity contribution is -0.884. The fourth-order valence-electron chi connectivity index (χ4n) is 1.44. The van der Waals surface area contributed by atoms with Crippen molar-refractivity contribution < 1.29 is 19.4 Å². The van der Waals surface area contributed by atoms with Crippen molar-refractivity contribution in [2.75, 3.05) is 28.3 Å². The van der Waals surface area contributed by atoms with Gasteiger partial charge in [-0.25, -0.2) is 0 Å². The topological polar surface area (TPSA) is 49.7 Å². The van der Waals surface area contributed by atoms with Crippen molar-refractivity contribution in [3.05, 3.63) is 17.7 Å². The van der Waals surface area contributed by atoms with E-state index in [9.17, 15) is 10.2 Å². The molecule has 0 spiro atoms. The van der Waals surface area contributed by atoms with Gasteiger partial charge in [0.2, 0.25) is 5.75 Å². The van der Waals surface area contributed by atoms with Crippen molar-refractivity contribution in [1.29, 1.82) is 0 Å². The van der Waals surface area contributed by atoms with E-state index in [0.717, 1.165) is 16.6 Å². The number of phenolic OH excluding ortho intramolecular Hbond substituents is 2. The van der Waals surface area contributed by atoms with Crippen LogP contribution in [0.25, 0.3) is 0 Å². The standard InChI is InChI=1S/C11H17NO3/c1-12(2,3)7-8-5-9(13)11(14)10(6-8)15-4/h5-6H,7H2,1-4H3,(H-,13,14)/p+1. The van der Waals surface area contributed by atoms with Gasteiger partial charge in [0.25, 0.3) is 0 Å². The van der Waals surface area contributed by atoms with Crippen molar-refractivity contribution in [2.45, 2.75) is 6.54 Å². The Morgan fingerprint density at radius 1 is 1.20 bits per heavy atom. The Kier molecular flexibility index (Phi) is 3.09. The molecule has 1 aromatic rings. The maximum atomic E-state index is 9.47. The largest absolute Gasteiger partial charge is 0.504 e. The Morgan fingerprint density at radius 3 is 2.27 bits per heavy atom. The van der Waals surface area contributed by atoms with Crippen LogP contribution in [0.2, 0.25) is 0 Å². The molecule has 1 aromatic carbocycles. The molecule has 0 unspecified atom stereocenters. The van der Waals surface area contributed by atoms with Crippen LogP contribution >= 0.6 is 0 Å². The van der Waals surface area contributed by atoms with Crippen LogP contribution < -0.4 is 4.74 Å². The van der Waals surface area contributed by atoms with Gasteiger partial charge in [-0.1, -0.05) is 0 Å². The van der Waals surface area contributed by atoms with Gasteiger partial charge in [-0.15, -0.1) is 0 Å². The van der Waals surface area contributed by atoms with Crippen LogP contribution in [0.15, 0.2) is 12.1 Å².